The van der Waals surface area contributed by atoms with Gasteiger partial charge in [-0.2, -0.15) is 5.10 Å². The van der Waals surface area contributed by atoms with Gasteiger partial charge in [0.05, 0.1) is 25.5 Å². The average molecular weight is 459 g/mol. The number of likely N-dealkylation sites (N-methyl/N-ethyl adjacent to an activating group) is 1. The largest absolute Gasteiger partial charge is 0.491 e. The van der Waals surface area contributed by atoms with Gasteiger partial charge in [0, 0.05) is 19.7 Å². The molecule has 0 radical (unpaired) electrons. The highest BCUT2D eigenvalue weighted by molar-refractivity contribution is 6.02. The Bertz CT molecular complexity index is 1160. The van der Waals surface area contributed by atoms with Crippen molar-refractivity contribution in [2.24, 2.45) is 0 Å². The minimum Gasteiger partial charge on any atom is -0.491 e. The van der Waals surface area contributed by atoms with Crippen LogP contribution in [0.4, 0.5) is 20.3 Å². The molecule has 0 bridgehead atoms. The molecule has 1 aromatic carbocycles. The highest BCUT2D eigenvalue weighted by Gasteiger charge is 2.30. The monoisotopic (exact) mass is 458 g/mol. The van der Waals surface area contributed by atoms with Crippen LogP contribution in [-0.2, 0) is 24.2 Å². The van der Waals surface area contributed by atoms with Gasteiger partial charge in [-0.15, -0.1) is 0 Å². The van der Waals surface area contributed by atoms with E-state index in [9.17, 15) is 13.6 Å². The van der Waals surface area contributed by atoms with E-state index in [1.807, 2.05) is 32.0 Å². The van der Waals surface area contributed by atoms with E-state index in [1.165, 1.54) is 19.2 Å². The third-order valence-corrected chi connectivity index (χ3v) is 5.59. The van der Waals surface area contributed by atoms with E-state index < -0.39 is 17.4 Å². The maximum atomic E-state index is 13.9. The number of rotatable bonds is 6. The van der Waals surface area contributed by atoms with Crippen LogP contribution in [0.2, 0.25) is 0 Å². The van der Waals surface area contributed by atoms with Crippen molar-refractivity contribution in [3.8, 4) is 5.75 Å². The zero-order valence-electron chi connectivity index (χ0n) is 18.3. The fourth-order valence-electron chi connectivity index (χ4n) is 3.68. The molecule has 0 unspecified atom stereocenters. The van der Waals surface area contributed by atoms with Crippen LogP contribution in [0.25, 0.3) is 0 Å². The van der Waals surface area contributed by atoms with Gasteiger partial charge in [0.15, 0.2) is 23.2 Å². The number of benzene rings is 1. The highest BCUT2D eigenvalue weighted by Crippen LogP contribution is 2.31. The fraction of sp³-hybridized carbons (Fsp3) is 0.391. The predicted molar refractivity (Wildman–Crippen MR) is 122 cm³/mol. The lowest BCUT2D eigenvalue weighted by Gasteiger charge is -2.32. The SMILES string of the molecule is C.COc1c(F)cc(Cn2cc(CCc3nc(C)c4c(n3)N(C)[C@H](C)C(=O)N4)cn2)cc1F. The number of fused-ring (bicyclic) bond motifs is 1. The lowest BCUT2D eigenvalue weighted by atomic mass is 10.1. The molecule has 3 aromatic rings. The summed E-state index contributed by atoms with van der Waals surface area (Å²) in [5.74, 6) is -0.587. The van der Waals surface area contributed by atoms with E-state index in [4.69, 9.17) is 4.74 Å². The van der Waals surface area contributed by atoms with Crippen LogP contribution >= 0.6 is 0 Å². The molecule has 3 heterocycles. The topological polar surface area (TPSA) is 85.2 Å². The second-order valence-electron chi connectivity index (χ2n) is 7.84. The molecule has 0 aliphatic carbocycles. The summed E-state index contributed by atoms with van der Waals surface area (Å²) in [6, 6.07) is 2.17. The molecule has 1 aliphatic heterocycles. The number of halogens is 2. The number of anilines is 2. The standard InChI is InChI=1S/C22H24F2N6O2.CH4/c1-12-19-21(29(3)13(2)22(31)28-19)27-18(26-12)6-5-14-9-25-30(10-14)11-15-7-16(23)20(32-4)17(24)8-15;/h7-10,13H,5-6,11H2,1-4H3,(H,28,31);1H4/t13-;/m1./s1. The number of nitrogens with one attached hydrogen (secondary N) is 1. The first-order valence-corrected chi connectivity index (χ1v) is 10.2. The number of aromatic nitrogens is 4. The second-order valence-corrected chi connectivity index (χ2v) is 7.84. The van der Waals surface area contributed by atoms with E-state index in [0.29, 0.717) is 35.7 Å². The molecule has 4 rings (SSSR count). The zero-order valence-corrected chi connectivity index (χ0v) is 18.3. The van der Waals surface area contributed by atoms with Crippen LogP contribution in [0, 0.1) is 18.6 Å². The molecular formula is C23H28F2N6O2. The zero-order chi connectivity index (χ0) is 23.0. The van der Waals surface area contributed by atoms with Gasteiger partial charge >= 0.3 is 0 Å². The van der Waals surface area contributed by atoms with Gasteiger partial charge in [-0.1, -0.05) is 7.43 Å². The van der Waals surface area contributed by atoms with Gasteiger partial charge in [-0.25, -0.2) is 18.7 Å². The molecule has 0 saturated heterocycles. The van der Waals surface area contributed by atoms with Crippen LogP contribution in [-0.4, -0.2) is 45.9 Å². The molecule has 0 fully saturated rings. The molecule has 0 spiro atoms. The number of hydrogen-bond acceptors (Lipinski definition) is 6. The van der Waals surface area contributed by atoms with Crippen LogP contribution in [0.15, 0.2) is 24.5 Å². The van der Waals surface area contributed by atoms with Crippen LogP contribution in [0.1, 0.15) is 37.0 Å². The average Bonchev–Trinajstić information content (AvgIpc) is 3.18. The van der Waals surface area contributed by atoms with Crippen molar-refractivity contribution in [2.45, 2.75) is 46.7 Å². The molecule has 176 valence electrons. The van der Waals surface area contributed by atoms with E-state index in [-0.39, 0.29) is 25.9 Å². The van der Waals surface area contributed by atoms with Crippen LogP contribution < -0.4 is 15.0 Å². The Labute approximate surface area is 191 Å². The van der Waals surface area contributed by atoms with Crippen LogP contribution in [0.5, 0.6) is 5.75 Å². The Morgan fingerprint density at radius 1 is 1.15 bits per heavy atom. The highest BCUT2D eigenvalue weighted by atomic mass is 19.1. The maximum absolute atomic E-state index is 13.9. The van der Waals surface area contributed by atoms with Crippen molar-refractivity contribution in [3.63, 3.8) is 0 Å². The first-order chi connectivity index (χ1) is 15.3. The van der Waals surface area contributed by atoms with Crippen molar-refractivity contribution < 1.29 is 18.3 Å². The van der Waals surface area contributed by atoms with Crippen molar-refractivity contribution in [1.29, 1.82) is 0 Å². The summed E-state index contributed by atoms with van der Waals surface area (Å²) in [4.78, 5) is 23.1. The number of ether oxygens (including phenoxy) is 1. The molecule has 10 heteroatoms. The molecular weight excluding hydrogens is 430 g/mol. The Balaban J connectivity index is 0.00000306. The summed E-state index contributed by atoms with van der Waals surface area (Å²) in [7, 11) is 3.07. The van der Waals surface area contributed by atoms with Gasteiger partial charge in [0.2, 0.25) is 5.91 Å². The molecule has 33 heavy (non-hydrogen) atoms. The van der Waals surface area contributed by atoms with E-state index in [2.05, 4.69) is 20.4 Å². The van der Waals surface area contributed by atoms with Crippen LogP contribution in [0.3, 0.4) is 0 Å². The molecule has 8 nitrogen and oxygen atoms in total. The summed E-state index contributed by atoms with van der Waals surface area (Å²) in [5.41, 5.74) is 2.76. The number of hydrogen-bond donors (Lipinski definition) is 1. The molecule has 1 aliphatic rings. The number of carbonyl (C=O) groups excluding carboxylic acids is 1. The number of nitrogens with zero attached hydrogens (tertiary/aromatic N) is 5. The molecule has 1 N–H and O–H groups in total. The summed E-state index contributed by atoms with van der Waals surface area (Å²) >= 11 is 0. The smallest absolute Gasteiger partial charge is 0.246 e. The van der Waals surface area contributed by atoms with Gasteiger partial charge in [-0.3, -0.25) is 9.48 Å². The first-order valence-electron chi connectivity index (χ1n) is 10.2. The lowest BCUT2D eigenvalue weighted by molar-refractivity contribution is -0.117. The Morgan fingerprint density at radius 2 is 1.85 bits per heavy atom. The summed E-state index contributed by atoms with van der Waals surface area (Å²) in [5, 5.41) is 7.16. The molecule has 0 saturated carbocycles. The third-order valence-electron chi connectivity index (χ3n) is 5.59. The Hall–Kier alpha value is -3.56. The molecule has 2 aromatic heterocycles. The fourth-order valence-corrected chi connectivity index (χ4v) is 3.68. The van der Waals surface area contributed by atoms with E-state index in [1.54, 1.807) is 10.9 Å². The minimum absolute atomic E-state index is 0. The van der Waals surface area contributed by atoms with Crippen molar-refractivity contribution in [2.75, 3.05) is 24.4 Å². The number of carbonyl (C=O) groups is 1. The summed E-state index contributed by atoms with van der Waals surface area (Å²) in [6.45, 7) is 3.90. The maximum Gasteiger partial charge on any atom is 0.246 e. The van der Waals surface area contributed by atoms with E-state index >= 15 is 0 Å². The number of methoxy groups -OCH3 is 1. The van der Waals surface area contributed by atoms with Gasteiger partial charge in [-0.05, 0) is 43.5 Å². The Morgan fingerprint density at radius 3 is 2.52 bits per heavy atom. The summed E-state index contributed by atoms with van der Waals surface area (Å²) < 4.78 is 34.2. The quantitative estimate of drug-likeness (QED) is 0.609. The second kappa shape index (κ2) is 9.51. The van der Waals surface area contributed by atoms with Crippen molar-refractivity contribution in [1.82, 2.24) is 19.7 Å². The molecule has 1 amide bonds. The van der Waals surface area contributed by atoms with E-state index in [0.717, 1.165) is 11.3 Å². The number of aryl methyl sites for hydroxylation is 3. The Kier molecular flexibility index (Phi) is 6.95. The summed E-state index contributed by atoms with van der Waals surface area (Å²) in [6.07, 6.45) is 4.78. The first kappa shape index (κ1) is 24.1. The van der Waals surface area contributed by atoms with Crippen molar-refractivity contribution in [3.05, 3.63) is 58.8 Å². The predicted octanol–water partition coefficient (Wildman–Crippen LogP) is 3.51. The van der Waals surface area contributed by atoms with Gasteiger partial charge in [0.1, 0.15) is 17.6 Å². The lowest BCUT2D eigenvalue weighted by Crippen LogP contribution is -2.45. The van der Waals surface area contributed by atoms with Gasteiger partial charge in [0.25, 0.3) is 0 Å². The number of amides is 1. The normalized spacial score (nSPS) is 15.0. The minimum atomic E-state index is -0.745. The molecule has 1 atom stereocenters. The third kappa shape index (κ3) is 4.79. The van der Waals surface area contributed by atoms with Crippen molar-refractivity contribution >= 4 is 17.4 Å². The van der Waals surface area contributed by atoms with Gasteiger partial charge < -0.3 is 15.0 Å².